The standard InChI is InChI=1S/C18H22FN3O/c1-2-17-20-9-12-21(17)11-8-18(23)22-10-7-15(13-22)14-3-5-16(19)6-4-14/h3-6,9,12,15H,2,7-8,10-11,13H2,1H3. The van der Waals surface area contributed by atoms with E-state index in [1.54, 1.807) is 6.20 Å². The van der Waals surface area contributed by atoms with Crippen molar-refractivity contribution >= 4 is 5.91 Å². The molecule has 1 aliphatic heterocycles. The highest BCUT2D eigenvalue weighted by molar-refractivity contribution is 5.76. The van der Waals surface area contributed by atoms with Crippen molar-refractivity contribution in [2.24, 2.45) is 0 Å². The molecular weight excluding hydrogens is 293 g/mol. The van der Waals surface area contributed by atoms with Crippen molar-refractivity contribution in [1.29, 1.82) is 0 Å². The molecule has 23 heavy (non-hydrogen) atoms. The third-order valence-corrected chi connectivity index (χ3v) is 4.57. The first-order chi connectivity index (χ1) is 11.2. The molecule has 1 aromatic carbocycles. The van der Waals surface area contributed by atoms with Gasteiger partial charge in [0, 0.05) is 50.8 Å². The fourth-order valence-corrected chi connectivity index (χ4v) is 3.23. The molecule has 122 valence electrons. The summed E-state index contributed by atoms with van der Waals surface area (Å²) in [6.07, 6.45) is 6.03. The lowest BCUT2D eigenvalue weighted by Gasteiger charge is -2.17. The molecule has 1 atom stereocenters. The molecule has 0 bridgehead atoms. The molecule has 1 amide bonds. The van der Waals surface area contributed by atoms with Crippen molar-refractivity contribution in [1.82, 2.24) is 14.5 Å². The molecule has 0 saturated carbocycles. The third-order valence-electron chi connectivity index (χ3n) is 4.57. The zero-order valence-corrected chi connectivity index (χ0v) is 13.4. The highest BCUT2D eigenvalue weighted by atomic mass is 19.1. The molecule has 3 rings (SSSR count). The molecule has 1 aromatic heterocycles. The molecule has 0 N–H and O–H groups in total. The first-order valence-electron chi connectivity index (χ1n) is 8.20. The van der Waals surface area contributed by atoms with Crippen LogP contribution in [0.2, 0.25) is 0 Å². The maximum absolute atomic E-state index is 13.0. The first-order valence-corrected chi connectivity index (χ1v) is 8.20. The lowest BCUT2D eigenvalue weighted by molar-refractivity contribution is -0.130. The summed E-state index contributed by atoms with van der Waals surface area (Å²) in [5.41, 5.74) is 1.12. The normalized spacial score (nSPS) is 17.7. The molecule has 1 aliphatic rings. The molecule has 4 nitrogen and oxygen atoms in total. The number of benzene rings is 1. The van der Waals surface area contributed by atoms with Gasteiger partial charge in [-0.25, -0.2) is 9.37 Å². The minimum atomic E-state index is -0.216. The number of carbonyl (C=O) groups excluding carboxylic acids is 1. The molecule has 0 spiro atoms. The van der Waals surface area contributed by atoms with Crippen LogP contribution >= 0.6 is 0 Å². The second-order valence-corrected chi connectivity index (χ2v) is 6.02. The third kappa shape index (κ3) is 3.60. The number of likely N-dealkylation sites (tertiary alicyclic amines) is 1. The first kappa shape index (κ1) is 15.7. The van der Waals surface area contributed by atoms with E-state index in [2.05, 4.69) is 11.9 Å². The summed E-state index contributed by atoms with van der Waals surface area (Å²) < 4.78 is 15.1. The van der Waals surface area contributed by atoms with E-state index >= 15 is 0 Å². The highest BCUT2D eigenvalue weighted by Gasteiger charge is 2.27. The molecule has 0 aliphatic carbocycles. The van der Waals surface area contributed by atoms with Crippen LogP contribution < -0.4 is 0 Å². The minimum Gasteiger partial charge on any atom is -0.342 e. The number of halogens is 1. The van der Waals surface area contributed by atoms with E-state index in [1.807, 2.05) is 27.8 Å². The van der Waals surface area contributed by atoms with Gasteiger partial charge in [0.1, 0.15) is 11.6 Å². The lowest BCUT2D eigenvalue weighted by Crippen LogP contribution is -2.29. The number of hydrogen-bond acceptors (Lipinski definition) is 2. The molecule has 2 aromatic rings. The van der Waals surface area contributed by atoms with Crippen LogP contribution in [-0.2, 0) is 17.8 Å². The van der Waals surface area contributed by atoms with Gasteiger partial charge in [-0.3, -0.25) is 4.79 Å². The van der Waals surface area contributed by atoms with Crippen LogP contribution in [0, 0.1) is 5.82 Å². The minimum absolute atomic E-state index is 0.186. The van der Waals surface area contributed by atoms with Gasteiger partial charge in [0.25, 0.3) is 0 Å². The van der Waals surface area contributed by atoms with Gasteiger partial charge in [-0.2, -0.15) is 0 Å². The number of nitrogens with zero attached hydrogens (tertiary/aromatic N) is 3. The second-order valence-electron chi connectivity index (χ2n) is 6.02. The Balaban J connectivity index is 1.54. The fraction of sp³-hybridized carbons (Fsp3) is 0.444. The van der Waals surface area contributed by atoms with E-state index in [1.165, 1.54) is 12.1 Å². The van der Waals surface area contributed by atoms with Crippen LogP contribution in [0.15, 0.2) is 36.7 Å². The van der Waals surface area contributed by atoms with Crippen molar-refractivity contribution < 1.29 is 9.18 Å². The summed E-state index contributed by atoms with van der Waals surface area (Å²) in [5, 5.41) is 0. The zero-order valence-electron chi connectivity index (χ0n) is 13.4. The number of aryl methyl sites for hydroxylation is 2. The van der Waals surface area contributed by atoms with Gasteiger partial charge in [-0.05, 0) is 24.1 Å². The van der Waals surface area contributed by atoms with Gasteiger partial charge in [0.05, 0.1) is 0 Å². The maximum Gasteiger partial charge on any atom is 0.224 e. The van der Waals surface area contributed by atoms with E-state index in [-0.39, 0.29) is 11.7 Å². The smallest absolute Gasteiger partial charge is 0.224 e. The summed E-state index contributed by atoms with van der Waals surface area (Å²) >= 11 is 0. The average Bonchev–Trinajstić information content (AvgIpc) is 3.22. The fourth-order valence-electron chi connectivity index (χ4n) is 3.23. The van der Waals surface area contributed by atoms with Crippen LogP contribution in [0.3, 0.4) is 0 Å². The lowest BCUT2D eigenvalue weighted by atomic mass is 9.99. The number of carbonyl (C=O) groups is 1. The SMILES string of the molecule is CCc1nccn1CCC(=O)N1CCC(c2ccc(F)cc2)C1. The van der Waals surface area contributed by atoms with E-state index < -0.39 is 0 Å². The Hall–Kier alpha value is -2.17. The van der Waals surface area contributed by atoms with Crippen molar-refractivity contribution in [3.63, 3.8) is 0 Å². The Morgan fingerprint density at radius 2 is 2.13 bits per heavy atom. The summed E-state index contributed by atoms with van der Waals surface area (Å²) in [4.78, 5) is 18.6. The van der Waals surface area contributed by atoms with E-state index in [0.29, 0.717) is 18.9 Å². The summed E-state index contributed by atoms with van der Waals surface area (Å²) in [6.45, 7) is 4.26. The maximum atomic E-state index is 13.0. The van der Waals surface area contributed by atoms with Crippen molar-refractivity contribution in [3.05, 3.63) is 53.9 Å². The molecule has 5 heteroatoms. The van der Waals surface area contributed by atoms with Crippen LogP contribution in [-0.4, -0.2) is 33.4 Å². The molecule has 1 unspecified atom stereocenters. The second kappa shape index (κ2) is 6.94. The number of imidazole rings is 1. The van der Waals surface area contributed by atoms with Crippen LogP contribution in [0.25, 0.3) is 0 Å². The number of rotatable bonds is 5. The Kier molecular flexibility index (Phi) is 4.74. The van der Waals surface area contributed by atoms with Gasteiger partial charge in [-0.1, -0.05) is 19.1 Å². The largest absolute Gasteiger partial charge is 0.342 e. The number of aromatic nitrogens is 2. The quantitative estimate of drug-likeness (QED) is 0.851. The van der Waals surface area contributed by atoms with E-state index in [0.717, 1.165) is 37.3 Å². The van der Waals surface area contributed by atoms with Crippen LogP contribution in [0.1, 0.15) is 37.1 Å². The zero-order chi connectivity index (χ0) is 16.2. The van der Waals surface area contributed by atoms with Crippen molar-refractivity contribution in [3.8, 4) is 0 Å². The molecule has 0 radical (unpaired) electrons. The Labute approximate surface area is 135 Å². The van der Waals surface area contributed by atoms with Crippen LogP contribution in [0.4, 0.5) is 4.39 Å². The van der Waals surface area contributed by atoms with Gasteiger partial charge >= 0.3 is 0 Å². The van der Waals surface area contributed by atoms with Crippen molar-refractivity contribution in [2.75, 3.05) is 13.1 Å². The van der Waals surface area contributed by atoms with E-state index in [4.69, 9.17) is 0 Å². The predicted molar refractivity (Wildman–Crippen MR) is 86.6 cm³/mol. The average molecular weight is 315 g/mol. The molecule has 1 fully saturated rings. The summed E-state index contributed by atoms with van der Waals surface area (Å²) in [6, 6.07) is 6.64. The highest BCUT2D eigenvalue weighted by Crippen LogP contribution is 2.27. The molecule has 2 heterocycles. The van der Waals surface area contributed by atoms with Crippen LogP contribution in [0.5, 0.6) is 0 Å². The number of amides is 1. The summed E-state index contributed by atoms with van der Waals surface area (Å²) in [5.74, 6) is 1.31. The van der Waals surface area contributed by atoms with Gasteiger partial charge in [0.15, 0.2) is 0 Å². The van der Waals surface area contributed by atoms with E-state index in [9.17, 15) is 9.18 Å². The van der Waals surface area contributed by atoms with Gasteiger partial charge in [0.2, 0.25) is 5.91 Å². The molecule has 1 saturated heterocycles. The Morgan fingerprint density at radius 3 is 2.87 bits per heavy atom. The Morgan fingerprint density at radius 1 is 1.35 bits per heavy atom. The van der Waals surface area contributed by atoms with Gasteiger partial charge < -0.3 is 9.47 Å². The summed E-state index contributed by atoms with van der Waals surface area (Å²) in [7, 11) is 0. The number of hydrogen-bond donors (Lipinski definition) is 0. The predicted octanol–water partition coefficient (Wildman–Crippen LogP) is 2.99. The van der Waals surface area contributed by atoms with Gasteiger partial charge in [-0.15, -0.1) is 0 Å². The molecular formula is C18H22FN3O. The Bertz CT molecular complexity index is 665. The monoisotopic (exact) mass is 315 g/mol. The van der Waals surface area contributed by atoms with Crippen molar-refractivity contribution in [2.45, 2.75) is 38.6 Å². The topological polar surface area (TPSA) is 38.1 Å².